The molecule has 1 aromatic carbocycles. The molecule has 1 unspecified atom stereocenters. The molecule has 88 valence electrons. The van der Waals surface area contributed by atoms with Gasteiger partial charge in [0.2, 0.25) is 0 Å². The third kappa shape index (κ3) is 3.36. The van der Waals surface area contributed by atoms with Crippen LogP contribution in [0.5, 0.6) is 0 Å². The summed E-state index contributed by atoms with van der Waals surface area (Å²) in [6, 6.07) is 1.73. The van der Waals surface area contributed by atoms with E-state index in [4.69, 9.17) is 0 Å². The van der Waals surface area contributed by atoms with E-state index < -0.39 is 17.5 Å². The molecule has 0 aliphatic heterocycles. The molecule has 1 rings (SSSR count). The summed E-state index contributed by atoms with van der Waals surface area (Å²) in [5.74, 6) is -3.86. The monoisotopic (exact) mass is 231 g/mol. The van der Waals surface area contributed by atoms with Crippen molar-refractivity contribution in [3.05, 3.63) is 41.2 Å². The quantitative estimate of drug-likeness (QED) is 0.635. The first-order valence-corrected chi connectivity index (χ1v) is 4.66. The van der Waals surface area contributed by atoms with Gasteiger partial charge in [-0.25, -0.2) is 13.2 Å². The van der Waals surface area contributed by atoms with Crippen LogP contribution in [0.15, 0.2) is 18.2 Å². The van der Waals surface area contributed by atoms with E-state index in [2.05, 4.69) is 10.3 Å². The van der Waals surface area contributed by atoms with E-state index in [0.29, 0.717) is 0 Å². The van der Waals surface area contributed by atoms with E-state index >= 15 is 0 Å². The van der Waals surface area contributed by atoms with Crippen LogP contribution in [0.3, 0.4) is 0 Å². The van der Waals surface area contributed by atoms with Gasteiger partial charge in [-0.3, -0.25) is 0 Å². The first-order valence-electron chi connectivity index (χ1n) is 4.66. The lowest BCUT2D eigenvalue weighted by molar-refractivity contribution is 0.0785. The second-order valence-electron chi connectivity index (χ2n) is 3.27. The molecule has 16 heavy (non-hydrogen) atoms. The number of hydroxylamine groups is 1. The maximum absolute atomic E-state index is 12.8. The molecule has 0 saturated heterocycles. The second-order valence-corrected chi connectivity index (χ2v) is 3.27. The molecule has 1 atom stereocenters. The molecule has 0 radical (unpaired) electrons. The molecule has 1 N–H and O–H groups in total. The Bertz CT molecular complexity index is 370. The molecule has 0 amide bonds. The lowest BCUT2D eigenvalue weighted by Gasteiger charge is -2.05. The zero-order valence-electron chi connectivity index (χ0n) is 8.93. The van der Waals surface area contributed by atoms with Crippen molar-refractivity contribution in [2.75, 3.05) is 7.11 Å². The fraction of sp³-hybridized carbons (Fsp3) is 0.273. The van der Waals surface area contributed by atoms with Crippen LogP contribution < -0.4 is 5.48 Å². The third-order valence-electron chi connectivity index (χ3n) is 1.89. The van der Waals surface area contributed by atoms with E-state index in [9.17, 15) is 13.2 Å². The molecule has 0 aliphatic rings. The molecule has 0 fully saturated rings. The average molecular weight is 231 g/mol. The summed E-state index contributed by atoms with van der Waals surface area (Å²) >= 11 is 0. The Balaban J connectivity index is 2.82. The minimum absolute atomic E-state index is 0.124. The van der Waals surface area contributed by atoms with Gasteiger partial charge >= 0.3 is 0 Å². The lowest BCUT2D eigenvalue weighted by Crippen LogP contribution is -2.21. The summed E-state index contributed by atoms with van der Waals surface area (Å²) in [5.41, 5.74) is 2.86. The summed E-state index contributed by atoms with van der Waals surface area (Å²) in [6.45, 7) is 1.79. The molecule has 2 nitrogen and oxygen atoms in total. The first kappa shape index (κ1) is 12.7. The molecule has 0 spiro atoms. The van der Waals surface area contributed by atoms with Gasteiger partial charge < -0.3 is 4.84 Å². The molecular formula is C11H12F3NO. The summed E-state index contributed by atoms with van der Waals surface area (Å²) in [7, 11) is 1.46. The van der Waals surface area contributed by atoms with Crippen LogP contribution in [0.25, 0.3) is 6.08 Å². The van der Waals surface area contributed by atoms with Crippen LogP contribution in [-0.2, 0) is 4.84 Å². The number of hydrogen-bond acceptors (Lipinski definition) is 2. The SMILES string of the molecule is CONC(C)/C=C/c1cc(F)c(F)c(F)c1. The van der Waals surface area contributed by atoms with Crippen molar-refractivity contribution in [2.24, 2.45) is 0 Å². The van der Waals surface area contributed by atoms with Crippen LogP contribution in [0.2, 0.25) is 0 Å². The lowest BCUT2D eigenvalue weighted by atomic mass is 10.1. The van der Waals surface area contributed by atoms with Gasteiger partial charge in [-0.15, -0.1) is 0 Å². The van der Waals surface area contributed by atoms with Crippen molar-refractivity contribution >= 4 is 6.08 Å². The average Bonchev–Trinajstić information content (AvgIpc) is 2.23. The fourth-order valence-corrected chi connectivity index (χ4v) is 1.15. The highest BCUT2D eigenvalue weighted by atomic mass is 19.2. The van der Waals surface area contributed by atoms with Crippen LogP contribution in [0.4, 0.5) is 13.2 Å². The minimum atomic E-state index is -1.46. The van der Waals surface area contributed by atoms with E-state index in [1.807, 2.05) is 0 Å². The van der Waals surface area contributed by atoms with Crippen molar-refractivity contribution in [3.63, 3.8) is 0 Å². The van der Waals surface area contributed by atoms with Crippen LogP contribution in [0, 0.1) is 17.5 Å². The van der Waals surface area contributed by atoms with E-state index in [0.717, 1.165) is 12.1 Å². The fourth-order valence-electron chi connectivity index (χ4n) is 1.15. The van der Waals surface area contributed by atoms with Gasteiger partial charge in [-0.2, -0.15) is 5.48 Å². The van der Waals surface area contributed by atoms with Gasteiger partial charge in [0, 0.05) is 6.04 Å². The van der Waals surface area contributed by atoms with E-state index in [1.165, 1.54) is 13.2 Å². The van der Waals surface area contributed by atoms with Gasteiger partial charge in [0.25, 0.3) is 0 Å². The Morgan fingerprint density at radius 3 is 2.31 bits per heavy atom. The summed E-state index contributed by atoms with van der Waals surface area (Å²) in [4.78, 5) is 4.65. The third-order valence-corrected chi connectivity index (χ3v) is 1.89. The number of halogens is 3. The van der Waals surface area contributed by atoms with Gasteiger partial charge in [0.05, 0.1) is 7.11 Å². The molecule has 0 saturated carbocycles. The van der Waals surface area contributed by atoms with E-state index in [1.54, 1.807) is 13.0 Å². The Hall–Kier alpha value is -1.33. The Morgan fingerprint density at radius 2 is 1.81 bits per heavy atom. The van der Waals surface area contributed by atoms with Crippen LogP contribution in [-0.4, -0.2) is 13.2 Å². The number of benzene rings is 1. The maximum atomic E-state index is 12.8. The molecule has 0 aliphatic carbocycles. The summed E-state index contributed by atoms with van der Waals surface area (Å²) in [6.07, 6.45) is 3.11. The predicted octanol–water partition coefficient (Wildman–Crippen LogP) is 2.66. The molecule has 0 heterocycles. The van der Waals surface area contributed by atoms with E-state index in [-0.39, 0.29) is 11.6 Å². The largest absolute Gasteiger partial charge is 0.305 e. The maximum Gasteiger partial charge on any atom is 0.194 e. The standard InChI is InChI=1S/C11H12F3NO/c1-7(15-16-2)3-4-8-5-9(12)11(14)10(13)6-8/h3-7,15H,1-2H3/b4-3+. The van der Waals surface area contributed by atoms with Crippen molar-refractivity contribution in [1.82, 2.24) is 5.48 Å². The molecular weight excluding hydrogens is 219 g/mol. The van der Waals surface area contributed by atoms with Crippen molar-refractivity contribution in [1.29, 1.82) is 0 Å². The molecule has 0 bridgehead atoms. The highest BCUT2D eigenvalue weighted by Gasteiger charge is 2.08. The smallest absolute Gasteiger partial charge is 0.194 e. The Morgan fingerprint density at radius 1 is 1.25 bits per heavy atom. The zero-order chi connectivity index (χ0) is 12.1. The van der Waals surface area contributed by atoms with Crippen LogP contribution in [0.1, 0.15) is 12.5 Å². The topological polar surface area (TPSA) is 21.3 Å². The first-order chi connectivity index (χ1) is 7.54. The van der Waals surface area contributed by atoms with Crippen molar-refractivity contribution < 1.29 is 18.0 Å². The Labute approximate surface area is 91.7 Å². The number of nitrogens with one attached hydrogen (secondary N) is 1. The number of rotatable bonds is 4. The van der Waals surface area contributed by atoms with Gasteiger partial charge in [-0.1, -0.05) is 12.2 Å². The van der Waals surface area contributed by atoms with Crippen molar-refractivity contribution in [2.45, 2.75) is 13.0 Å². The molecule has 0 aromatic heterocycles. The minimum Gasteiger partial charge on any atom is -0.305 e. The van der Waals surface area contributed by atoms with Gasteiger partial charge in [0.15, 0.2) is 17.5 Å². The Kier molecular flexibility index (Phi) is 4.52. The highest BCUT2D eigenvalue weighted by molar-refractivity contribution is 5.50. The van der Waals surface area contributed by atoms with Gasteiger partial charge in [-0.05, 0) is 24.6 Å². The normalized spacial score (nSPS) is 13.3. The molecule has 1 aromatic rings. The second kappa shape index (κ2) is 5.67. The molecule has 5 heteroatoms. The summed E-state index contributed by atoms with van der Waals surface area (Å²) < 4.78 is 38.3. The highest BCUT2D eigenvalue weighted by Crippen LogP contribution is 2.14. The van der Waals surface area contributed by atoms with Crippen molar-refractivity contribution in [3.8, 4) is 0 Å². The number of hydrogen-bond donors (Lipinski definition) is 1. The zero-order valence-corrected chi connectivity index (χ0v) is 8.93. The summed E-state index contributed by atoms with van der Waals surface area (Å²) in [5, 5.41) is 0. The van der Waals surface area contributed by atoms with Crippen LogP contribution >= 0.6 is 0 Å². The predicted molar refractivity (Wildman–Crippen MR) is 55.0 cm³/mol. The van der Waals surface area contributed by atoms with Gasteiger partial charge in [0.1, 0.15) is 0 Å².